The van der Waals surface area contributed by atoms with Crippen LogP contribution in [0.25, 0.3) is 0 Å². The van der Waals surface area contributed by atoms with Gasteiger partial charge in [0.1, 0.15) is 11.4 Å². The van der Waals surface area contributed by atoms with Gasteiger partial charge in [0.25, 0.3) is 5.91 Å². The van der Waals surface area contributed by atoms with Crippen LogP contribution in [0.15, 0.2) is 42.9 Å². The summed E-state index contributed by atoms with van der Waals surface area (Å²) in [4.78, 5) is 36.3. The van der Waals surface area contributed by atoms with E-state index < -0.39 is 0 Å². The molecule has 0 aliphatic carbocycles. The number of ether oxygens (including phenoxy) is 1. The second kappa shape index (κ2) is 8.39. The zero-order valence-electron chi connectivity index (χ0n) is 14.6. The molecule has 2 aromatic rings. The monoisotopic (exact) mass is 355 g/mol. The van der Waals surface area contributed by atoms with E-state index in [4.69, 9.17) is 4.74 Å². The van der Waals surface area contributed by atoms with Gasteiger partial charge < -0.3 is 15.0 Å². The van der Waals surface area contributed by atoms with Gasteiger partial charge in [-0.1, -0.05) is 0 Å². The highest BCUT2D eigenvalue weighted by Crippen LogP contribution is 2.15. The van der Waals surface area contributed by atoms with Crippen LogP contribution in [0.1, 0.15) is 10.5 Å². The van der Waals surface area contributed by atoms with Crippen molar-refractivity contribution in [2.24, 2.45) is 0 Å². The minimum absolute atomic E-state index is 0.0798. The first-order valence-electron chi connectivity index (χ1n) is 8.37. The molecule has 1 aromatic heterocycles. The van der Waals surface area contributed by atoms with E-state index >= 15 is 0 Å². The van der Waals surface area contributed by atoms with Crippen LogP contribution in [0.4, 0.5) is 5.69 Å². The fraction of sp³-hybridized carbons (Fsp3) is 0.333. The molecule has 1 fully saturated rings. The topological polar surface area (TPSA) is 87.7 Å². The summed E-state index contributed by atoms with van der Waals surface area (Å²) < 4.78 is 5.10. The van der Waals surface area contributed by atoms with Gasteiger partial charge in [0.2, 0.25) is 5.91 Å². The predicted octanol–water partition coefficient (Wildman–Crippen LogP) is 0.882. The number of aromatic nitrogens is 2. The van der Waals surface area contributed by atoms with E-state index in [1.165, 1.54) is 18.6 Å². The maximum Gasteiger partial charge on any atom is 0.274 e. The van der Waals surface area contributed by atoms with Gasteiger partial charge >= 0.3 is 0 Å². The Morgan fingerprint density at radius 3 is 2.46 bits per heavy atom. The molecule has 1 aromatic carbocycles. The van der Waals surface area contributed by atoms with Crippen molar-refractivity contribution in [3.63, 3.8) is 0 Å². The zero-order valence-corrected chi connectivity index (χ0v) is 14.6. The summed E-state index contributed by atoms with van der Waals surface area (Å²) in [7, 11) is 1.60. The van der Waals surface area contributed by atoms with E-state index in [1.54, 1.807) is 36.3 Å². The van der Waals surface area contributed by atoms with Crippen LogP contribution < -0.4 is 10.1 Å². The van der Waals surface area contributed by atoms with E-state index in [0.717, 1.165) is 11.4 Å². The van der Waals surface area contributed by atoms with Crippen LogP contribution in [-0.4, -0.2) is 71.4 Å². The average molecular weight is 355 g/mol. The first kappa shape index (κ1) is 17.8. The third kappa shape index (κ3) is 4.54. The van der Waals surface area contributed by atoms with Gasteiger partial charge in [-0.25, -0.2) is 4.98 Å². The molecular formula is C18H21N5O3. The highest BCUT2D eigenvalue weighted by molar-refractivity contribution is 5.93. The van der Waals surface area contributed by atoms with Gasteiger partial charge in [-0.3, -0.25) is 19.5 Å². The number of hydrogen-bond acceptors (Lipinski definition) is 6. The van der Waals surface area contributed by atoms with E-state index in [9.17, 15) is 9.59 Å². The molecule has 136 valence electrons. The number of amides is 2. The number of nitrogens with one attached hydrogen (secondary N) is 1. The summed E-state index contributed by atoms with van der Waals surface area (Å²) in [6.07, 6.45) is 4.51. The molecule has 1 saturated heterocycles. The summed E-state index contributed by atoms with van der Waals surface area (Å²) in [6.45, 7) is 2.69. The SMILES string of the molecule is COc1ccc(NC(=O)CN2CCN(C(=O)c3cnccn3)CC2)cc1. The number of methoxy groups -OCH3 is 1. The van der Waals surface area contributed by atoms with Crippen LogP contribution in [0.5, 0.6) is 5.75 Å². The lowest BCUT2D eigenvalue weighted by atomic mass is 10.2. The van der Waals surface area contributed by atoms with Crippen LogP contribution in [0.3, 0.4) is 0 Å². The highest BCUT2D eigenvalue weighted by Gasteiger charge is 2.24. The molecule has 0 spiro atoms. The third-order valence-corrected chi connectivity index (χ3v) is 4.18. The normalized spacial score (nSPS) is 14.7. The largest absolute Gasteiger partial charge is 0.497 e. The molecule has 26 heavy (non-hydrogen) atoms. The Morgan fingerprint density at radius 1 is 1.12 bits per heavy atom. The van der Waals surface area contributed by atoms with E-state index in [-0.39, 0.29) is 11.8 Å². The number of anilines is 1. The molecular weight excluding hydrogens is 334 g/mol. The van der Waals surface area contributed by atoms with Crippen LogP contribution in [0.2, 0.25) is 0 Å². The van der Waals surface area contributed by atoms with Crippen molar-refractivity contribution in [1.82, 2.24) is 19.8 Å². The minimum atomic E-state index is -0.125. The Labute approximate surface area is 151 Å². The van der Waals surface area contributed by atoms with Crippen molar-refractivity contribution >= 4 is 17.5 Å². The van der Waals surface area contributed by atoms with Crippen LogP contribution in [0, 0.1) is 0 Å². The van der Waals surface area contributed by atoms with Crippen molar-refractivity contribution in [3.8, 4) is 5.75 Å². The molecule has 0 unspecified atom stereocenters. The molecule has 8 heteroatoms. The Bertz CT molecular complexity index is 743. The second-order valence-electron chi connectivity index (χ2n) is 5.94. The molecule has 2 heterocycles. The fourth-order valence-corrected chi connectivity index (χ4v) is 2.76. The Hall–Kier alpha value is -3.00. The van der Waals surface area contributed by atoms with Crippen molar-refractivity contribution < 1.29 is 14.3 Å². The average Bonchev–Trinajstić information content (AvgIpc) is 2.69. The second-order valence-corrected chi connectivity index (χ2v) is 5.94. The standard InChI is InChI=1S/C18H21N5O3/c1-26-15-4-2-14(3-5-15)21-17(24)13-22-8-10-23(11-9-22)18(25)16-12-19-6-7-20-16/h2-7,12H,8-11,13H2,1H3,(H,21,24). The quantitative estimate of drug-likeness (QED) is 0.857. The zero-order chi connectivity index (χ0) is 18.4. The molecule has 0 atom stereocenters. The maximum atomic E-state index is 12.3. The molecule has 0 saturated carbocycles. The van der Waals surface area contributed by atoms with Crippen molar-refractivity contribution in [2.75, 3.05) is 45.2 Å². The number of piperazine rings is 1. The Kier molecular flexibility index (Phi) is 5.75. The Morgan fingerprint density at radius 2 is 1.85 bits per heavy atom. The van der Waals surface area contributed by atoms with Crippen LogP contribution >= 0.6 is 0 Å². The number of nitrogens with zero attached hydrogens (tertiary/aromatic N) is 4. The van der Waals surface area contributed by atoms with Crippen molar-refractivity contribution in [3.05, 3.63) is 48.5 Å². The smallest absolute Gasteiger partial charge is 0.274 e. The number of carbonyl (C=O) groups is 2. The predicted molar refractivity (Wildman–Crippen MR) is 96.0 cm³/mol. The first-order chi connectivity index (χ1) is 12.7. The summed E-state index contributed by atoms with van der Waals surface area (Å²) in [6, 6.07) is 7.20. The minimum Gasteiger partial charge on any atom is -0.497 e. The fourth-order valence-electron chi connectivity index (χ4n) is 2.76. The van der Waals surface area contributed by atoms with Crippen LogP contribution in [-0.2, 0) is 4.79 Å². The molecule has 2 amide bonds. The van der Waals surface area contributed by atoms with E-state index in [0.29, 0.717) is 38.4 Å². The van der Waals surface area contributed by atoms with Gasteiger partial charge in [0.05, 0.1) is 19.9 Å². The summed E-state index contributed by atoms with van der Waals surface area (Å²) in [5.41, 5.74) is 1.07. The number of rotatable bonds is 5. The maximum absolute atomic E-state index is 12.3. The number of benzene rings is 1. The van der Waals surface area contributed by atoms with Crippen molar-refractivity contribution in [1.29, 1.82) is 0 Å². The highest BCUT2D eigenvalue weighted by atomic mass is 16.5. The molecule has 8 nitrogen and oxygen atoms in total. The molecule has 1 aliphatic heterocycles. The number of carbonyl (C=O) groups excluding carboxylic acids is 2. The van der Waals surface area contributed by atoms with Gasteiger partial charge in [0.15, 0.2) is 0 Å². The summed E-state index contributed by atoms with van der Waals surface area (Å²) >= 11 is 0. The lowest BCUT2D eigenvalue weighted by Gasteiger charge is -2.34. The van der Waals surface area contributed by atoms with E-state index in [2.05, 4.69) is 15.3 Å². The Balaban J connectivity index is 1.46. The van der Waals surface area contributed by atoms with Gasteiger partial charge in [0, 0.05) is 44.3 Å². The third-order valence-electron chi connectivity index (χ3n) is 4.18. The molecule has 1 N–H and O–H groups in total. The summed E-state index contributed by atoms with van der Waals surface area (Å²) in [5.74, 6) is 0.538. The molecule has 0 radical (unpaired) electrons. The molecule has 3 rings (SSSR count). The molecule has 1 aliphatic rings. The lowest BCUT2D eigenvalue weighted by molar-refractivity contribution is -0.117. The van der Waals surface area contributed by atoms with Gasteiger partial charge in [-0.15, -0.1) is 0 Å². The lowest BCUT2D eigenvalue weighted by Crippen LogP contribution is -2.50. The molecule has 0 bridgehead atoms. The van der Waals surface area contributed by atoms with Gasteiger partial charge in [-0.2, -0.15) is 0 Å². The summed E-state index contributed by atoms with van der Waals surface area (Å²) in [5, 5.41) is 2.87. The van der Waals surface area contributed by atoms with Crippen molar-refractivity contribution in [2.45, 2.75) is 0 Å². The van der Waals surface area contributed by atoms with Gasteiger partial charge in [-0.05, 0) is 24.3 Å². The number of hydrogen-bond donors (Lipinski definition) is 1. The van der Waals surface area contributed by atoms with E-state index in [1.807, 2.05) is 4.90 Å². The first-order valence-corrected chi connectivity index (χ1v) is 8.37.